The van der Waals surface area contributed by atoms with Gasteiger partial charge < -0.3 is 15.3 Å². The molecule has 0 aliphatic carbocycles. The van der Waals surface area contributed by atoms with Crippen molar-refractivity contribution in [1.29, 1.82) is 0 Å². The van der Waals surface area contributed by atoms with Crippen molar-refractivity contribution in [3.8, 4) is 0 Å². The number of primary sulfonamides is 1. The van der Waals surface area contributed by atoms with Gasteiger partial charge in [0.05, 0.1) is 11.7 Å². The Balaban J connectivity index is 2.24. The Kier molecular flexibility index (Phi) is 4.91. The molecule has 0 bridgehead atoms. The van der Waals surface area contributed by atoms with Crippen LogP contribution in [0.3, 0.4) is 0 Å². The van der Waals surface area contributed by atoms with Gasteiger partial charge >= 0.3 is 12.0 Å². The van der Waals surface area contributed by atoms with E-state index < -0.39 is 21.9 Å². The third kappa shape index (κ3) is 4.88. The van der Waals surface area contributed by atoms with Crippen LogP contribution in [-0.2, 0) is 14.8 Å². The zero-order valence-corrected chi connectivity index (χ0v) is 10.6. The number of urea groups is 1. The van der Waals surface area contributed by atoms with Crippen molar-refractivity contribution in [3.05, 3.63) is 0 Å². The first-order chi connectivity index (χ1) is 8.29. The maximum absolute atomic E-state index is 11.6. The van der Waals surface area contributed by atoms with Crippen molar-refractivity contribution in [3.63, 3.8) is 0 Å². The van der Waals surface area contributed by atoms with Gasteiger partial charge in [0.1, 0.15) is 0 Å². The van der Waals surface area contributed by atoms with Crippen LogP contribution < -0.4 is 10.5 Å². The molecule has 1 atom stereocenters. The van der Waals surface area contributed by atoms with Gasteiger partial charge in [-0.2, -0.15) is 0 Å². The topological polar surface area (TPSA) is 130 Å². The Morgan fingerprint density at radius 3 is 2.61 bits per heavy atom. The number of carboxylic acid groups (broad SMARTS) is 1. The molecule has 1 fully saturated rings. The van der Waals surface area contributed by atoms with Crippen molar-refractivity contribution >= 4 is 22.0 Å². The molecule has 8 nitrogen and oxygen atoms in total. The minimum absolute atomic E-state index is 0.189. The number of rotatable bonds is 5. The van der Waals surface area contributed by atoms with Crippen molar-refractivity contribution in [2.45, 2.75) is 12.8 Å². The molecular weight excluding hydrogens is 262 g/mol. The van der Waals surface area contributed by atoms with Gasteiger partial charge in [-0.15, -0.1) is 0 Å². The summed E-state index contributed by atoms with van der Waals surface area (Å²) in [6.45, 7) is 0.790. The Hall–Kier alpha value is -1.35. The first-order valence-electron chi connectivity index (χ1n) is 5.55. The number of carboxylic acids is 1. The highest BCUT2D eigenvalue weighted by atomic mass is 32.2. The molecule has 1 saturated heterocycles. The molecule has 2 amide bonds. The molecule has 0 aromatic carbocycles. The summed E-state index contributed by atoms with van der Waals surface area (Å²) in [7, 11) is -3.50. The highest BCUT2D eigenvalue weighted by Crippen LogP contribution is 2.15. The third-order valence-corrected chi connectivity index (χ3v) is 3.56. The molecule has 0 spiro atoms. The van der Waals surface area contributed by atoms with E-state index >= 15 is 0 Å². The lowest BCUT2D eigenvalue weighted by atomic mass is 10.1. The molecule has 0 radical (unpaired) electrons. The molecule has 1 aliphatic rings. The maximum atomic E-state index is 11.6. The normalized spacial score (nSPS) is 19.8. The molecule has 0 aromatic rings. The largest absolute Gasteiger partial charge is 0.481 e. The summed E-state index contributed by atoms with van der Waals surface area (Å²) in [6, 6.07) is -0.367. The van der Waals surface area contributed by atoms with Crippen LogP contribution in [0.4, 0.5) is 4.79 Å². The second kappa shape index (κ2) is 6.01. The zero-order chi connectivity index (χ0) is 13.8. The van der Waals surface area contributed by atoms with E-state index in [2.05, 4.69) is 5.32 Å². The molecule has 4 N–H and O–H groups in total. The number of carbonyl (C=O) groups excluding carboxylic acids is 1. The van der Waals surface area contributed by atoms with Crippen LogP contribution in [0.5, 0.6) is 0 Å². The summed E-state index contributed by atoms with van der Waals surface area (Å²) >= 11 is 0. The summed E-state index contributed by atoms with van der Waals surface area (Å²) in [5, 5.41) is 16.1. The van der Waals surface area contributed by atoms with E-state index in [4.69, 9.17) is 10.2 Å². The van der Waals surface area contributed by atoms with Gasteiger partial charge in [-0.25, -0.2) is 18.4 Å². The maximum Gasteiger partial charge on any atom is 0.317 e. The van der Waals surface area contributed by atoms with Gasteiger partial charge in [-0.1, -0.05) is 0 Å². The van der Waals surface area contributed by atoms with Crippen molar-refractivity contribution in [2.24, 2.45) is 11.1 Å². The summed E-state index contributed by atoms with van der Waals surface area (Å²) < 4.78 is 21.3. The van der Waals surface area contributed by atoms with Crippen LogP contribution in [0.2, 0.25) is 0 Å². The molecule has 104 valence electrons. The highest BCUT2D eigenvalue weighted by molar-refractivity contribution is 7.89. The highest BCUT2D eigenvalue weighted by Gasteiger charge is 2.30. The van der Waals surface area contributed by atoms with Crippen molar-refractivity contribution in [2.75, 3.05) is 25.4 Å². The van der Waals surface area contributed by atoms with Crippen molar-refractivity contribution in [1.82, 2.24) is 10.2 Å². The van der Waals surface area contributed by atoms with Gasteiger partial charge in [-0.05, 0) is 12.8 Å². The van der Waals surface area contributed by atoms with Gasteiger partial charge in [0.2, 0.25) is 10.0 Å². The average Bonchev–Trinajstić information content (AvgIpc) is 2.72. The quantitative estimate of drug-likeness (QED) is 0.543. The Morgan fingerprint density at radius 1 is 1.44 bits per heavy atom. The number of nitrogens with two attached hydrogens (primary N) is 1. The predicted molar refractivity (Wildman–Crippen MR) is 63.3 cm³/mol. The van der Waals surface area contributed by atoms with Gasteiger partial charge in [0, 0.05) is 19.6 Å². The fourth-order valence-corrected chi connectivity index (χ4v) is 2.27. The SMILES string of the molecule is NS(=O)(=O)CCCNC(=O)N1CCC(C(=O)O)C1. The second-order valence-electron chi connectivity index (χ2n) is 4.22. The van der Waals surface area contributed by atoms with E-state index in [1.807, 2.05) is 0 Å². The summed E-state index contributed by atoms with van der Waals surface area (Å²) in [5.41, 5.74) is 0. The van der Waals surface area contributed by atoms with Gasteiger partial charge in [0.25, 0.3) is 0 Å². The minimum Gasteiger partial charge on any atom is -0.481 e. The summed E-state index contributed by atoms with van der Waals surface area (Å²) in [5.74, 6) is -1.61. The Morgan fingerprint density at radius 2 is 2.11 bits per heavy atom. The van der Waals surface area contributed by atoms with E-state index in [9.17, 15) is 18.0 Å². The Labute approximate surface area is 105 Å². The van der Waals surface area contributed by atoms with E-state index in [-0.39, 0.29) is 31.3 Å². The van der Waals surface area contributed by atoms with Crippen LogP contribution in [0, 0.1) is 5.92 Å². The molecule has 1 aliphatic heterocycles. The summed E-state index contributed by atoms with van der Waals surface area (Å²) in [4.78, 5) is 23.7. The number of hydrogen-bond donors (Lipinski definition) is 3. The minimum atomic E-state index is -3.50. The first-order valence-corrected chi connectivity index (χ1v) is 7.27. The van der Waals surface area contributed by atoms with Crippen LogP contribution in [0.15, 0.2) is 0 Å². The van der Waals surface area contributed by atoms with E-state index in [0.717, 1.165) is 0 Å². The molecular formula is C9H17N3O5S. The number of nitrogens with zero attached hydrogens (tertiary/aromatic N) is 1. The number of aliphatic carboxylic acids is 1. The monoisotopic (exact) mass is 279 g/mol. The molecule has 1 heterocycles. The zero-order valence-electron chi connectivity index (χ0n) is 9.83. The number of nitrogens with one attached hydrogen (secondary N) is 1. The lowest BCUT2D eigenvalue weighted by Crippen LogP contribution is -2.39. The van der Waals surface area contributed by atoms with Gasteiger partial charge in [-0.3, -0.25) is 4.79 Å². The third-order valence-electron chi connectivity index (χ3n) is 2.71. The van der Waals surface area contributed by atoms with Crippen LogP contribution in [0.25, 0.3) is 0 Å². The van der Waals surface area contributed by atoms with E-state index in [1.165, 1.54) is 4.90 Å². The standard InChI is InChI=1S/C9H17N3O5S/c10-18(16,17)5-1-3-11-9(15)12-4-2-7(6-12)8(13)14/h7H,1-6H2,(H,11,15)(H,13,14)(H2,10,16,17). The molecule has 0 saturated carbocycles. The first kappa shape index (κ1) is 14.7. The van der Waals surface area contributed by atoms with Crippen molar-refractivity contribution < 1.29 is 23.1 Å². The lowest BCUT2D eigenvalue weighted by Gasteiger charge is -2.16. The molecule has 18 heavy (non-hydrogen) atoms. The fourth-order valence-electron chi connectivity index (χ4n) is 1.73. The predicted octanol–water partition coefficient (Wildman–Crippen LogP) is -1.22. The van der Waals surface area contributed by atoms with E-state index in [0.29, 0.717) is 13.0 Å². The van der Waals surface area contributed by atoms with Crippen LogP contribution in [0.1, 0.15) is 12.8 Å². The van der Waals surface area contributed by atoms with E-state index in [1.54, 1.807) is 0 Å². The number of sulfonamides is 1. The van der Waals surface area contributed by atoms with Crippen LogP contribution in [-0.4, -0.2) is 55.8 Å². The van der Waals surface area contributed by atoms with Crippen LogP contribution >= 0.6 is 0 Å². The van der Waals surface area contributed by atoms with Gasteiger partial charge in [0.15, 0.2) is 0 Å². The molecule has 0 aromatic heterocycles. The number of hydrogen-bond acceptors (Lipinski definition) is 4. The molecule has 1 unspecified atom stereocenters. The number of carbonyl (C=O) groups is 2. The number of amides is 2. The Bertz CT molecular complexity index is 422. The smallest absolute Gasteiger partial charge is 0.317 e. The fraction of sp³-hybridized carbons (Fsp3) is 0.778. The molecule has 9 heteroatoms. The lowest BCUT2D eigenvalue weighted by molar-refractivity contribution is -0.141. The number of likely N-dealkylation sites (tertiary alicyclic amines) is 1. The molecule has 1 rings (SSSR count). The average molecular weight is 279 g/mol. The second-order valence-corrected chi connectivity index (χ2v) is 5.96. The summed E-state index contributed by atoms with van der Waals surface area (Å²) in [6.07, 6.45) is 0.681.